The molecule has 0 aliphatic carbocycles. The van der Waals surface area contributed by atoms with Gasteiger partial charge >= 0.3 is 6.03 Å². The van der Waals surface area contributed by atoms with E-state index in [4.69, 9.17) is 5.11 Å². The van der Waals surface area contributed by atoms with Crippen LogP contribution in [0.3, 0.4) is 0 Å². The number of aliphatic hydroxyl groups is 1. The summed E-state index contributed by atoms with van der Waals surface area (Å²) in [5, 5.41) is 11.7. The van der Waals surface area contributed by atoms with Gasteiger partial charge in [0.25, 0.3) is 0 Å². The molecule has 0 fully saturated rings. The van der Waals surface area contributed by atoms with Crippen molar-refractivity contribution in [3.05, 3.63) is 35.4 Å². The van der Waals surface area contributed by atoms with Crippen LogP contribution < -0.4 is 5.32 Å². The minimum atomic E-state index is -0.262. The second-order valence-corrected chi connectivity index (χ2v) is 5.65. The molecule has 0 aromatic heterocycles. The van der Waals surface area contributed by atoms with Crippen molar-refractivity contribution in [2.24, 2.45) is 0 Å². The van der Waals surface area contributed by atoms with Crippen molar-refractivity contribution in [3.8, 4) is 11.8 Å². The molecule has 4 heteroatoms. The summed E-state index contributed by atoms with van der Waals surface area (Å²) in [5.41, 5.74) is 1.53. The Morgan fingerprint density at radius 1 is 1.35 bits per heavy atom. The zero-order valence-corrected chi connectivity index (χ0v) is 12.5. The fourth-order valence-corrected chi connectivity index (χ4v) is 1.66. The Labute approximate surface area is 120 Å². The Kier molecular flexibility index (Phi) is 5.60. The summed E-state index contributed by atoms with van der Waals surface area (Å²) >= 11 is 0. The lowest BCUT2D eigenvalue weighted by atomic mass is 10.1. The number of urea groups is 1. The number of benzene rings is 1. The molecule has 0 heterocycles. The molecule has 0 saturated carbocycles. The lowest BCUT2D eigenvalue weighted by Crippen LogP contribution is -2.46. The number of amides is 2. The normalized spacial score (nSPS) is 10.4. The topological polar surface area (TPSA) is 52.6 Å². The summed E-state index contributed by atoms with van der Waals surface area (Å²) in [6, 6.07) is 7.49. The van der Waals surface area contributed by atoms with Gasteiger partial charge in [0.1, 0.15) is 6.61 Å². The van der Waals surface area contributed by atoms with Crippen LogP contribution in [0.4, 0.5) is 4.79 Å². The van der Waals surface area contributed by atoms with Crippen molar-refractivity contribution >= 4 is 6.03 Å². The van der Waals surface area contributed by atoms with Crippen molar-refractivity contribution in [1.29, 1.82) is 0 Å². The predicted octanol–water partition coefficient (Wildman–Crippen LogP) is 1.97. The van der Waals surface area contributed by atoms with Gasteiger partial charge < -0.3 is 15.3 Å². The second-order valence-electron chi connectivity index (χ2n) is 5.65. The molecular weight excluding hydrogens is 252 g/mol. The third-order valence-corrected chi connectivity index (χ3v) is 2.56. The monoisotopic (exact) mass is 274 g/mol. The lowest BCUT2D eigenvalue weighted by Gasteiger charge is -2.26. The van der Waals surface area contributed by atoms with E-state index >= 15 is 0 Å². The first kappa shape index (κ1) is 16.1. The maximum Gasteiger partial charge on any atom is 0.317 e. The van der Waals surface area contributed by atoms with E-state index in [0.29, 0.717) is 6.54 Å². The van der Waals surface area contributed by atoms with Crippen LogP contribution in [-0.2, 0) is 6.54 Å². The number of hydrogen-bond acceptors (Lipinski definition) is 2. The molecule has 1 aromatic carbocycles. The fourth-order valence-electron chi connectivity index (χ4n) is 1.66. The van der Waals surface area contributed by atoms with Crippen molar-refractivity contribution in [3.63, 3.8) is 0 Å². The Morgan fingerprint density at radius 2 is 2.00 bits per heavy atom. The molecular formula is C16H22N2O2. The molecule has 20 heavy (non-hydrogen) atoms. The highest BCUT2D eigenvalue weighted by atomic mass is 16.2. The van der Waals surface area contributed by atoms with Crippen LogP contribution in [0.15, 0.2) is 24.3 Å². The van der Waals surface area contributed by atoms with Crippen LogP contribution in [0, 0.1) is 11.8 Å². The maximum absolute atomic E-state index is 12.0. The fraction of sp³-hybridized carbons (Fsp3) is 0.438. The van der Waals surface area contributed by atoms with E-state index in [0.717, 1.165) is 11.1 Å². The number of carbonyl (C=O) groups excluding carboxylic acids is 1. The van der Waals surface area contributed by atoms with Crippen molar-refractivity contribution < 1.29 is 9.90 Å². The summed E-state index contributed by atoms with van der Waals surface area (Å²) in [5.74, 6) is 5.53. The summed E-state index contributed by atoms with van der Waals surface area (Å²) in [6.07, 6.45) is 0. The van der Waals surface area contributed by atoms with Gasteiger partial charge in [0.2, 0.25) is 0 Å². The van der Waals surface area contributed by atoms with E-state index in [9.17, 15) is 4.79 Å². The van der Waals surface area contributed by atoms with E-state index in [2.05, 4.69) is 17.2 Å². The quantitative estimate of drug-likeness (QED) is 0.810. The lowest BCUT2D eigenvalue weighted by molar-refractivity contribution is 0.197. The number of carbonyl (C=O) groups is 1. The van der Waals surface area contributed by atoms with Gasteiger partial charge in [0.05, 0.1) is 0 Å². The third kappa shape index (κ3) is 5.33. The molecule has 0 spiro atoms. The van der Waals surface area contributed by atoms with E-state index in [-0.39, 0.29) is 18.2 Å². The Morgan fingerprint density at radius 3 is 2.60 bits per heavy atom. The highest BCUT2D eigenvalue weighted by Crippen LogP contribution is 2.10. The smallest absolute Gasteiger partial charge is 0.317 e. The Balaban J connectivity index is 2.80. The van der Waals surface area contributed by atoms with Crippen molar-refractivity contribution in [2.75, 3.05) is 13.7 Å². The first-order chi connectivity index (χ1) is 9.33. The molecule has 2 amide bonds. The highest BCUT2D eigenvalue weighted by molar-refractivity contribution is 5.74. The van der Waals surface area contributed by atoms with Crippen LogP contribution in [0.5, 0.6) is 0 Å². The van der Waals surface area contributed by atoms with Crippen LogP contribution in [-0.4, -0.2) is 35.2 Å². The van der Waals surface area contributed by atoms with Gasteiger partial charge in [0, 0.05) is 24.7 Å². The highest BCUT2D eigenvalue weighted by Gasteiger charge is 2.17. The third-order valence-electron chi connectivity index (χ3n) is 2.56. The molecule has 1 aromatic rings. The SMILES string of the molecule is CN(Cc1ccccc1C#CCO)C(=O)NC(C)(C)C. The molecule has 0 saturated heterocycles. The van der Waals surface area contributed by atoms with Gasteiger partial charge in [-0.3, -0.25) is 0 Å². The molecule has 0 bridgehead atoms. The molecule has 0 radical (unpaired) electrons. The standard InChI is InChI=1S/C16H22N2O2/c1-16(2,3)17-15(20)18(4)12-14-9-6-5-8-13(14)10-7-11-19/h5-6,8-9,19H,11-12H2,1-4H3,(H,17,20). The summed E-state index contributed by atoms with van der Waals surface area (Å²) in [4.78, 5) is 13.6. The molecule has 4 nitrogen and oxygen atoms in total. The molecule has 2 N–H and O–H groups in total. The second kappa shape index (κ2) is 6.97. The maximum atomic E-state index is 12.0. The molecule has 0 aliphatic heterocycles. The molecule has 0 atom stereocenters. The van der Waals surface area contributed by atoms with Gasteiger partial charge in [-0.25, -0.2) is 4.79 Å². The van der Waals surface area contributed by atoms with Crippen molar-refractivity contribution in [2.45, 2.75) is 32.9 Å². The number of nitrogens with one attached hydrogen (secondary N) is 1. The van der Waals surface area contributed by atoms with Gasteiger partial charge in [-0.2, -0.15) is 0 Å². The predicted molar refractivity (Wildman–Crippen MR) is 80.2 cm³/mol. The largest absolute Gasteiger partial charge is 0.384 e. The number of nitrogens with zero attached hydrogens (tertiary/aromatic N) is 1. The number of rotatable bonds is 2. The number of aliphatic hydroxyl groups excluding tert-OH is 1. The van der Waals surface area contributed by atoms with E-state index in [1.165, 1.54) is 0 Å². The summed E-state index contributed by atoms with van der Waals surface area (Å²) in [7, 11) is 1.75. The Hall–Kier alpha value is -1.99. The van der Waals surface area contributed by atoms with E-state index in [1.54, 1.807) is 11.9 Å². The first-order valence-corrected chi connectivity index (χ1v) is 6.54. The van der Waals surface area contributed by atoms with Crippen LogP contribution in [0.2, 0.25) is 0 Å². The molecule has 1 rings (SSSR count). The Bertz CT molecular complexity index is 521. The van der Waals surface area contributed by atoms with Crippen LogP contribution in [0.25, 0.3) is 0 Å². The average molecular weight is 274 g/mol. The van der Waals surface area contributed by atoms with Gasteiger partial charge in [0.15, 0.2) is 0 Å². The van der Waals surface area contributed by atoms with Gasteiger partial charge in [-0.1, -0.05) is 30.0 Å². The molecule has 0 unspecified atom stereocenters. The van der Waals surface area contributed by atoms with Gasteiger partial charge in [-0.05, 0) is 32.4 Å². The zero-order chi connectivity index (χ0) is 15.2. The number of hydrogen-bond donors (Lipinski definition) is 2. The summed E-state index contributed by atoms with van der Waals surface area (Å²) < 4.78 is 0. The molecule has 0 aliphatic rings. The molecule has 108 valence electrons. The van der Waals surface area contributed by atoms with E-state index < -0.39 is 0 Å². The zero-order valence-electron chi connectivity index (χ0n) is 12.5. The minimum absolute atomic E-state index is 0.123. The van der Waals surface area contributed by atoms with Crippen LogP contribution >= 0.6 is 0 Å². The first-order valence-electron chi connectivity index (χ1n) is 6.54. The summed E-state index contributed by atoms with van der Waals surface area (Å²) in [6.45, 7) is 6.13. The van der Waals surface area contributed by atoms with Crippen molar-refractivity contribution in [1.82, 2.24) is 10.2 Å². The van der Waals surface area contributed by atoms with Gasteiger partial charge in [-0.15, -0.1) is 0 Å². The minimum Gasteiger partial charge on any atom is -0.384 e. The van der Waals surface area contributed by atoms with E-state index in [1.807, 2.05) is 45.0 Å². The average Bonchev–Trinajstić information content (AvgIpc) is 2.35. The van der Waals surface area contributed by atoms with Crippen LogP contribution in [0.1, 0.15) is 31.9 Å².